The summed E-state index contributed by atoms with van der Waals surface area (Å²) in [5.41, 5.74) is 1.83. The van der Waals surface area contributed by atoms with Crippen molar-refractivity contribution in [3.63, 3.8) is 0 Å². The van der Waals surface area contributed by atoms with Crippen LogP contribution in [0.5, 0.6) is 0 Å². The highest BCUT2D eigenvalue weighted by Crippen LogP contribution is 2.24. The van der Waals surface area contributed by atoms with Crippen molar-refractivity contribution in [2.75, 3.05) is 25.0 Å². The van der Waals surface area contributed by atoms with E-state index in [0.29, 0.717) is 10.0 Å². The van der Waals surface area contributed by atoms with Crippen LogP contribution in [-0.4, -0.2) is 52.6 Å². The van der Waals surface area contributed by atoms with Gasteiger partial charge in [0.25, 0.3) is 11.8 Å². The molecule has 0 fully saturated rings. The third-order valence-corrected chi connectivity index (χ3v) is 5.38. The van der Waals surface area contributed by atoms with Crippen molar-refractivity contribution >= 4 is 33.6 Å². The highest BCUT2D eigenvalue weighted by molar-refractivity contribution is 9.10. The number of aryl methyl sites for hydroxylation is 1. The van der Waals surface area contributed by atoms with Crippen LogP contribution in [0.25, 0.3) is 0 Å². The first kappa shape index (κ1) is 22.1. The summed E-state index contributed by atoms with van der Waals surface area (Å²) in [4.78, 5) is 27.4. The van der Waals surface area contributed by atoms with Gasteiger partial charge in [-0.3, -0.25) is 14.7 Å². The molecule has 8 heteroatoms. The van der Waals surface area contributed by atoms with Gasteiger partial charge in [-0.05, 0) is 54.0 Å². The Bertz CT molecular complexity index is 817. The maximum Gasteiger partial charge on any atom is 0.270 e. The molecule has 0 spiro atoms. The number of aromatic amines is 1. The highest BCUT2D eigenvalue weighted by atomic mass is 79.9. The quantitative estimate of drug-likeness (QED) is 0.546. The molecule has 3 N–H and O–H groups in total. The zero-order valence-electron chi connectivity index (χ0n) is 16.8. The van der Waals surface area contributed by atoms with Crippen LogP contribution in [0, 0.1) is 0 Å². The SMILES string of the molecule is CCc1ccccc1C(=O)Nc1n[nH]c(C(=O)N[C@H](C)CN(CC)CC)c1Br. The fourth-order valence-electron chi connectivity index (χ4n) is 3.00. The Morgan fingerprint density at radius 2 is 1.86 bits per heavy atom. The number of carbonyl (C=O) groups excluding carboxylic acids is 2. The van der Waals surface area contributed by atoms with E-state index < -0.39 is 0 Å². The molecule has 0 aliphatic carbocycles. The van der Waals surface area contributed by atoms with Gasteiger partial charge in [0.15, 0.2) is 5.82 Å². The summed E-state index contributed by atoms with van der Waals surface area (Å²) >= 11 is 3.38. The molecule has 2 amide bonds. The van der Waals surface area contributed by atoms with Gasteiger partial charge in [-0.1, -0.05) is 39.0 Å². The maximum atomic E-state index is 12.6. The van der Waals surface area contributed by atoms with E-state index >= 15 is 0 Å². The zero-order valence-corrected chi connectivity index (χ0v) is 18.4. The average molecular weight is 450 g/mol. The number of nitrogens with zero attached hydrogens (tertiary/aromatic N) is 2. The van der Waals surface area contributed by atoms with Crippen LogP contribution in [0.1, 0.15) is 54.1 Å². The molecule has 1 heterocycles. The molecule has 0 unspecified atom stereocenters. The molecular weight excluding hydrogens is 422 g/mol. The van der Waals surface area contributed by atoms with Gasteiger partial charge in [0.05, 0.1) is 4.47 Å². The Kier molecular flexibility index (Phi) is 8.19. The second-order valence-corrected chi connectivity index (χ2v) is 7.38. The Morgan fingerprint density at radius 3 is 2.50 bits per heavy atom. The monoisotopic (exact) mass is 449 g/mol. The van der Waals surface area contributed by atoms with Gasteiger partial charge < -0.3 is 15.5 Å². The molecule has 7 nitrogen and oxygen atoms in total. The first-order chi connectivity index (χ1) is 13.4. The van der Waals surface area contributed by atoms with Crippen molar-refractivity contribution in [3.8, 4) is 0 Å². The lowest BCUT2D eigenvalue weighted by Gasteiger charge is -2.23. The van der Waals surface area contributed by atoms with Crippen molar-refractivity contribution in [1.29, 1.82) is 0 Å². The van der Waals surface area contributed by atoms with E-state index in [4.69, 9.17) is 0 Å². The molecule has 28 heavy (non-hydrogen) atoms. The smallest absolute Gasteiger partial charge is 0.270 e. The second kappa shape index (κ2) is 10.4. The van der Waals surface area contributed by atoms with Gasteiger partial charge in [0.2, 0.25) is 0 Å². The van der Waals surface area contributed by atoms with Crippen LogP contribution in [0.4, 0.5) is 5.82 Å². The lowest BCUT2D eigenvalue weighted by molar-refractivity contribution is 0.0923. The van der Waals surface area contributed by atoms with E-state index in [9.17, 15) is 9.59 Å². The predicted octanol–water partition coefficient (Wildman–Crippen LogP) is 3.45. The van der Waals surface area contributed by atoms with Crippen LogP contribution in [-0.2, 0) is 6.42 Å². The van der Waals surface area contributed by atoms with Crippen molar-refractivity contribution in [2.24, 2.45) is 0 Å². The topological polar surface area (TPSA) is 90.1 Å². The number of H-pyrrole nitrogens is 1. The van der Waals surface area contributed by atoms with E-state index in [2.05, 4.69) is 55.5 Å². The number of hydrogen-bond donors (Lipinski definition) is 3. The Hall–Kier alpha value is -2.19. The average Bonchev–Trinajstić information content (AvgIpc) is 3.06. The number of aromatic nitrogens is 2. The van der Waals surface area contributed by atoms with Gasteiger partial charge in [0.1, 0.15) is 5.69 Å². The summed E-state index contributed by atoms with van der Waals surface area (Å²) in [6, 6.07) is 7.41. The minimum absolute atomic E-state index is 0.0166. The van der Waals surface area contributed by atoms with Crippen LogP contribution >= 0.6 is 15.9 Å². The zero-order chi connectivity index (χ0) is 20.7. The maximum absolute atomic E-state index is 12.6. The van der Waals surface area contributed by atoms with Crippen LogP contribution in [0.15, 0.2) is 28.7 Å². The second-order valence-electron chi connectivity index (χ2n) is 6.59. The summed E-state index contributed by atoms with van der Waals surface area (Å²) in [7, 11) is 0. The van der Waals surface area contributed by atoms with Crippen LogP contribution < -0.4 is 10.6 Å². The van der Waals surface area contributed by atoms with Crippen molar-refractivity contribution in [1.82, 2.24) is 20.4 Å². The standard InChI is InChI=1S/C20H28BrN5O2/c1-5-14-10-8-9-11-15(14)19(27)23-18-16(21)17(24-25-18)20(28)22-13(4)12-26(6-2)7-3/h8-11,13H,5-7,12H2,1-4H3,(H,22,28)(H2,23,24,25,27)/t13-/m1/s1. The fourth-order valence-corrected chi connectivity index (χ4v) is 3.45. The molecule has 1 aromatic carbocycles. The summed E-state index contributed by atoms with van der Waals surface area (Å²) < 4.78 is 0.433. The number of nitrogens with one attached hydrogen (secondary N) is 3. The molecule has 0 saturated heterocycles. The van der Waals surface area contributed by atoms with Crippen molar-refractivity contribution in [2.45, 2.75) is 40.2 Å². The minimum atomic E-state index is -0.270. The predicted molar refractivity (Wildman–Crippen MR) is 115 cm³/mol. The fraction of sp³-hybridized carbons (Fsp3) is 0.450. The number of anilines is 1. The summed E-state index contributed by atoms with van der Waals surface area (Å²) in [6.45, 7) is 10.8. The Labute approximate surface area is 174 Å². The summed E-state index contributed by atoms with van der Waals surface area (Å²) in [5, 5.41) is 12.5. The number of likely N-dealkylation sites (N-methyl/N-ethyl adjacent to an activating group) is 1. The first-order valence-corrected chi connectivity index (χ1v) is 10.4. The highest BCUT2D eigenvalue weighted by Gasteiger charge is 2.21. The molecule has 0 saturated carbocycles. The van der Waals surface area contributed by atoms with Gasteiger partial charge in [0, 0.05) is 18.2 Å². The molecule has 0 radical (unpaired) electrons. The number of amides is 2. The minimum Gasteiger partial charge on any atom is -0.347 e. The normalized spacial score (nSPS) is 12.1. The van der Waals surface area contributed by atoms with Gasteiger partial charge >= 0.3 is 0 Å². The van der Waals surface area contributed by atoms with Gasteiger partial charge in [-0.25, -0.2) is 0 Å². The van der Waals surface area contributed by atoms with Crippen LogP contribution in [0.3, 0.4) is 0 Å². The number of carbonyl (C=O) groups is 2. The Morgan fingerprint density at radius 1 is 1.18 bits per heavy atom. The molecule has 0 aliphatic rings. The van der Waals surface area contributed by atoms with Gasteiger partial charge in [-0.15, -0.1) is 0 Å². The number of halogens is 1. The van der Waals surface area contributed by atoms with Crippen molar-refractivity contribution < 1.29 is 9.59 Å². The molecule has 1 atom stereocenters. The number of hydrogen-bond acceptors (Lipinski definition) is 4. The van der Waals surface area contributed by atoms with E-state index in [0.717, 1.165) is 31.6 Å². The van der Waals surface area contributed by atoms with Gasteiger partial charge in [-0.2, -0.15) is 5.10 Å². The molecule has 1 aromatic heterocycles. The molecule has 0 bridgehead atoms. The third kappa shape index (κ3) is 5.42. The molecule has 2 aromatic rings. The molecule has 0 aliphatic heterocycles. The number of rotatable bonds is 9. The lowest BCUT2D eigenvalue weighted by atomic mass is 10.0. The van der Waals surface area contributed by atoms with E-state index in [1.807, 2.05) is 32.0 Å². The van der Waals surface area contributed by atoms with E-state index in [1.54, 1.807) is 6.07 Å². The van der Waals surface area contributed by atoms with E-state index in [1.165, 1.54) is 0 Å². The Balaban J connectivity index is 2.06. The molecule has 152 valence electrons. The summed E-state index contributed by atoms with van der Waals surface area (Å²) in [5.74, 6) is -0.238. The first-order valence-electron chi connectivity index (χ1n) is 9.57. The number of benzene rings is 1. The van der Waals surface area contributed by atoms with E-state index in [-0.39, 0.29) is 29.4 Å². The third-order valence-electron chi connectivity index (χ3n) is 4.61. The van der Waals surface area contributed by atoms with Crippen LogP contribution in [0.2, 0.25) is 0 Å². The summed E-state index contributed by atoms with van der Waals surface area (Å²) in [6.07, 6.45) is 0.753. The molecular formula is C20H28BrN5O2. The molecule has 2 rings (SSSR count). The van der Waals surface area contributed by atoms with Crippen molar-refractivity contribution in [3.05, 3.63) is 45.6 Å². The largest absolute Gasteiger partial charge is 0.347 e. The lowest BCUT2D eigenvalue weighted by Crippen LogP contribution is -2.42.